The smallest absolute Gasteiger partial charge is 0.338 e. The molecule has 0 amide bonds. The number of alkyl halides is 1. The maximum Gasteiger partial charge on any atom is 0.338 e. The van der Waals surface area contributed by atoms with E-state index >= 15 is 0 Å². The van der Waals surface area contributed by atoms with Crippen molar-refractivity contribution in [1.29, 1.82) is 0 Å². The highest BCUT2D eigenvalue weighted by molar-refractivity contribution is 6.17. The quantitative estimate of drug-likeness (QED) is 0.618. The summed E-state index contributed by atoms with van der Waals surface area (Å²) >= 11 is 5.76. The van der Waals surface area contributed by atoms with Crippen LogP contribution in [0.15, 0.2) is 48.5 Å². The van der Waals surface area contributed by atoms with Gasteiger partial charge in [-0.2, -0.15) is 0 Å². The van der Waals surface area contributed by atoms with Gasteiger partial charge in [0.25, 0.3) is 0 Å². The first-order valence-electron chi connectivity index (χ1n) is 5.59. The van der Waals surface area contributed by atoms with E-state index in [1.807, 2.05) is 42.5 Å². The normalized spacial score (nSPS) is 10.1. The second kappa shape index (κ2) is 5.69. The summed E-state index contributed by atoms with van der Waals surface area (Å²) in [4.78, 5) is 11.7. The van der Waals surface area contributed by atoms with Gasteiger partial charge in [0.15, 0.2) is 0 Å². The summed E-state index contributed by atoms with van der Waals surface area (Å²) in [6.07, 6.45) is 0. The summed E-state index contributed by atoms with van der Waals surface area (Å²) in [5, 5.41) is 0. The Labute approximate surface area is 111 Å². The Morgan fingerprint density at radius 3 is 2.39 bits per heavy atom. The lowest BCUT2D eigenvalue weighted by Gasteiger charge is -2.08. The van der Waals surface area contributed by atoms with Crippen molar-refractivity contribution in [1.82, 2.24) is 0 Å². The Hall–Kier alpha value is -1.80. The van der Waals surface area contributed by atoms with E-state index in [2.05, 4.69) is 0 Å². The summed E-state index contributed by atoms with van der Waals surface area (Å²) in [5.74, 6) is 0.158. The number of halogens is 1. The monoisotopic (exact) mass is 260 g/mol. The SMILES string of the molecule is COC(=O)c1ccccc1-c1ccc(CCl)cc1. The Morgan fingerprint density at radius 1 is 1.11 bits per heavy atom. The van der Waals surface area contributed by atoms with Crippen LogP contribution in [-0.4, -0.2) is 13.1 Å². The molecule has 0 aliphatic heterocycles. The van der Waals surface area contributed by atoms with Crippen LogP contribution >= 0.6 is 11.6 Å². The van der Waals surface area contributed by atoms with Crippen molar-refractivity contribution in [2.75, 3.05) is 7.11 Å². The van der Waals surface area contributed by atoms with Gasteiger partial charge in [0, 0.05) is 5.88 Å². The molecule has 2 aromatic rings. The van der Waals surface area contributed by atoms with Crippen molar-refractivity contribution in [3.05, 3.63) is 59.7 Å². The topological polar surface area (TPSA) is 26.3 Å². The molecule has 0 fully saturated rings. The van der Waals surface area contributed by atoms with Gasteiger partial charge in [-0.25, -0.2) is 4.79 Å². The van der Waals surface area contributed by atoms with E-state index < -0.39 is 0 Å². The van der Waals surface area contributed by atoms with E-state index in [0.717, 1.165) is 16.7 Å². The predicted molar refractivity (Wildman–Crippen MR) is 72.8 cm³/mol. The lowest BCUT2D eigenvalue weighted by molar-refractivity contribution is 0.0601. The molecule has 0 heterocycles. The molecule has 0 spiro atoms. The van der Waals surface area contributed by atoms with E-state index in [9.17, 15) is 4.79 Å². The van der Waals surface area contributed by atoms with Crippen LogP contribution in [0.5, 0.6) is 0 Å². The number of esters is 1. The summed E-state index contributed by atoms with van der Waals surface area (Å²) in [6.45, 7) is 0. The Balaban J connectivity index is 2.46. The van der Waals surface area contributed by atoms with Gasteiger partial charge in [0.2, 0.25) is 0 Å². The number of benzene rings is 2. The first kappa shape index (κ1) is 12.7. The van der Waals surface area contributed by atoms with Crippen LogP contribution in [0, 0.1) is 0 Å². The molecule has 0 aliphatic rings. The van der Waals surface area contributed by atoms with E-state index in [1.54, 1.807) is 6.07 Å². The summed E-state index contributed by atoms with van der Waals surface area (Å²) in [5.41, 5.74) is 3.46. The molecule has 18 heavy (non-hydrogen) atoms. The second-order valence-electron chi connectivity index (χ2n) is 3.87. The van der Waals surface area contributed by atoms with Gasteiger partial charge in [0.1, 0.15) is 0 Å². The Morgan fingerprint density at radius 2 is 1.78 bits per heavy atom. The lowest BCUT2D eigenvalue weighted by atomic mass is 9.99. The third kappa shape index (κ3) is 2.54. The standard InChI is InChI=1S/C15H13ClO2/c1-18-15(17)14-5-3-2-4-13(14)12-8-6-11(10-16)7-9-12/h2-9H,10H2,1H3. The van der Waals surface area contributed by atoms with Crippen molar-refractivity contribution in [2.24, 2.45) is 0 Å². The van der Waals surface area contributed by atoms with E-state index in [4.69, 9.17) is 16.3 Å². The maximum atomic E-state index is 11.7. The molecule has 0 aromatic heterocycles. The third-order valence-electron chi connectivity index (χ3n) is 2.75. The molecule has 2 nitrogen and oxygen atoms in total. The zero-order valence-corrected chi connectivity index (χ0v) is 10.8. The van der Waals surface area contributed by atoms with Crippen LogP contribution in [0.3, 0.4) is 0 Å². The minimum Gasteiger partial charge on any atom is -0.465 e. The predicted octanol–water partition coefficient (Wildman–Crippen LogP) is 3.88. The number of hydrogen-bond acceptors (Lipinski definition) is 2. The first-order valence-corrected chi connectivity index (χ1v) is 6.12. The van der Waals surface area contributed by atoms with Crippen LogP contribution in [0.2, 0.25) is 0 Å². The van der Waals surface area contributed by atoms with Crippen LogP contribution in [-0.2, 0) is 10.6 Å². The van der Waals surface area contributed by atoms with Crippen LogP contribution < -0.4 is 0 Å². The minimum atomic E-state index is -0.327. The van der Waals surface area contributed by atoms with Crippen molar-refractivity contribution >= 4 is 17.6 Å². The van der Waals surface area contributed by atoms with E-state index in [-0.39, 0.29) is 5.97 Å². The molecule has 0 bridgehead atoms. The fraction of sp³-hybridized carbons (Fsp3) is 0.133. The second-order valence-corrected chi connectivity index (χ2v) is 4.13. The largest absolute Gasteiger partial charge is 0.465 e. The summed E-state index contributed by atoms with van der Waals surface area (Å²) in [6, 6.07) is 15.2. The summed E-state index contributed by atoms with van der Waals surface area (Å²) < 4.78 is 4.78. The van der Waals surface area contributed by atoms with Gasteiger partial charge >= 0.3 is 5.97 Å². The third-order valence-corrected chi connectivity index (χ3v) is 3.06. The molecular formula is C15H13ClO2. The molecular weight excluding hydrogens is 248 g/mol. The number of methoxy groups -OCH3 is 1. The maximum absolute atomic E-state index is 11.7. The van der Waals surface area contributed by atoms with Gasteiger partial charge < -0.3 is 4.74 Å². The lowest BCUT2D eigenvalue weighted by Crippen LogP contribution is -2.03. The zero-order chi connectivity index (χ0) is 13.0. The molecule has 2 rings (SSSR count). The molecule has 0 radical (unpaired) electrons. The zero-order valence-electron chi connectivity index (χ0n) is 10.0. The number of carbonyl (C=O) groups excluding carboxylic acids is 1. The highest BCUT2D eigenvalue weighted by Gasteiger charge is 2.11. The van der Waals surface area contributed by atoms with Crippen molar-refractivity contribution < 1.29 is 9.53 Å². The van der Waals surface area contributed by atoms with Crippen LogP contribution in [0.1, 0.15) is 15.9 Å². The number of hydrogen-bond donors (Lipinski definition) is 0. The molecule has 0 saturated carbocycles. The van der Waals surface area contributed by atoms with Gasteiger partial charge in [-0.05, 0) is 22.8 Å². The highest BCUT2D eigenvalue weighted by atomic mass is 35.5. The van der Waals surface area contributed by atoms with Gasteiger partial charge in [0.05, 0.1) is 12.7 Å². The van der Waals surface area contributed by atoms with E-state index in [0.29, 0.717) is 11.4 Å². The fourth-order valence-corrected chi connectivity index (χ4v) is 1.97. The van der Waals surface area contributed by atoms with Gasteiger partial charge in [-0.1, -0.05) is 42.5 Å². The van der Waals surface area contributed by atoms with Crippen molar-refractivity contribution in [2.45, 2.75) is 5.88 Å². The molecule has 0 aliphatic carbocycles. The molecule has 0 N–H and O–H groups in total. The van der Waals surface area contributed by atoms with Crippen molar-refractivity contribution in [3.8, 4) is 11.1 Å². The summed E-state index contributed by atoms with van der Waals surface area (Å²) in [7, 11) is 1.38. The average molecular weight is 261 g/mol. The number of ether oxygens (including phenoxy) is 1. The van der Waals surface area contributed by atoms with Crippen LogP contribution in [0.4, 0.5) is 0 Å². The molecule has 3 heteroatoms. The van der Waals surface area contributed by atoms with E-state index in [1.165, 1.54) is 7.11 Å². The van der Waals surface area contributed by atoms with Crippen molar-refractivity contribution in [3.63, 3.8) is 0 Å². The fourth-order valence-electron chi connectivity index (χ4n) is 1.80. The molecule has 0 atom stereocenters. The van der Waals surface area contributed by atoms with Gasteiger partial charge in [-0.3, -0.25) is 0 Å². The minimum absolute atomic E-state index is 0.327. The van der Waals surface area contributed by atoms with Crippen LogP contribution in [0.25, 0.3) is 11.1 Å². The average Bonchev–Trinajstić information content (AvgIpc) is 2.46. The molecule has 0 unspecified atom stereocenters. The van der Waals surface area contributed by atoms with Gasteiger partial charge in [-0.15, -0.1) is 11.6 Å². The Kier molecular flexibility index (Phi) is 4.00. The number of carbonyl (C=O) groups is 1. The molecule has 2 aromatic carbocycles. The highest BCUT2D eigenvalue weighted by Crippen LogP contribution is 2.24. The first-order chi connectivity index (χ1) is 8.76. The number of rotatable bonds is 3. The molecule has 92 valence electrons. The molecule has 0 saturated heterocycles. The Bertz CT molecular complexity index is 547.